The molecule has 0 radical (unpaired) electrons. The maximum Gasteiger partial charge on any atom is 0.335 e. The minimum absolute atomic E-state index is 0.349. The van der Waals surface area contributed by atoms with Crippen LogP contribution in [-0.4, -0.2) is 11.1 Å². The van der Waals surface area contributed by atoms with Gasteiger partial charge in [-0.1, -0.05) is 32.9 Å². The Morgan fingerprint density at radius 3 is 2.00 bits per heavy atom. The quantitative estimate of drug-likeness (QED) is 0.759. The number of hydrogen-bond donors (Lipinski definition) is 1. The fraction of sp³-hybridized carbons (Fsp3) is 0.364. The molecule has 0 fully saturated rings. The van der Waals surface area contributed by atoms with Gasteiger partial charge in [-0.05, 0) is 24.1 Å². The minimum atomic E-state index is -0.868. The van der Waals surface area contributed by atoms with Crippen molar-refractivity contribution in [2.24, 2.45) is 0 Å². The smallest absolute Gasteiger partial charge is 0.335 e. The molecule has 0 amide bonds. The van der Waals surface area contributed by atoms with E-state index in [1.165, 1.54) is 0 Å². The van der Waals surface area contributed by atoms with Gasteiger partial charge in [0.15, 0.2) is 0 Å². The van der Waals surface area contributed by atoms with Crippen molar-refractivity contribution in [1.29, 1.82) is 0 Å². The molecular weight excluding hydrogens is 164 g/mol. The number of carbonyl (C=O) groups is 1. The third kappa shape index (κ3) is 3.74. The largest absolute Gasteiger partial charge is 0.478 e. The molecule has 0 heterocycles. The van der Waals surface area contributed by atoms with Crippen LogP contribution in [0.3, 0.4) is 0 Å². The molecule has 0 unspecified atom stereocenters. The standard InChI is InChI=1S/C9H10O2.C2H6/c1-2-7-3-5-8(6-4-7)9(10)11;1-2/h3-6H,2H2,1H3,(H,10,11);1-2H3. The highest BCUT2D eigenvalue weighted by atomic mass is 16.4. The van der Waals surface area contributed by atoms with Gasteiger partial charge in [-0.25, -0.2) is 4.79 Å². The highest BCUT2D eigenvalue weighted by Crippen LogP contribution is 2.04. The summed E-state index contributed by atoms with van der Waals surface area (Å²) in [4.78, 5) is 10.4. The Morgan fingerprint density at radius 2 is 1.69 bits per heavy atom. The molecule has 0 saturated heterocycles. The molecule has 1 aromatic rings. The monoisotopic (exact) mass is 180 g/mol. The van der Waals surface area contributed by atoms with Crippen LogP contribution in [0.5, 0.6) is 0 Å². The second-order valence-electron chi connectivity index (χ2n) is 2.36. The highest BCUT2D eigenvalue weighted by Gasteiger charge is 1.99. The first-order valence-electron chi connectivity index (χ1n) is 4.56. The van der Waals surface area contributed by atoms with Crippen molar-refractivity contribution in [2.45, 2.75) is 27.2 Å². The summed E-state index contributed by atoms with van der Waals surface area (Å²) in [7, 11) is 0. The molecule has 1 N–H and O–H groups in total. The molecule has 0 saturated carbocycles. The maximum atomic E-state index is 10.4. The lowest BCUT2D eigenvalue weighted by Crippen LogP contribution is -1.95. The maximum absolute atomic E-state index is 10.4. The Labute approximate surface area is 79.2 Å². The molecule has 0 atom stereocenters. The first kappa shape index (κ1) is 11.7. The van der Waals surface area contributed by atoms with Crippen molar-refractivity contribution in [3.05, 3.63) is 35.4 Å². The third-order valence-corrected chi connectivity index (χ3v) is 1.61. The van der Waals surface area contributed by atoms with Crippen molar-refractivity contribution in [3.63, 3.8) is 0 Å². The van der Waals surface area contributed by atoms with Gasteiger partial charge in [-0.15, -0.1) is 0 Å². The van der Waals surface area contributed by atoms with Crippen LogP contribution in [0.1, 0.15) is 36.7 Å². The predicted octanol–water partition coefficient (Wildman–Crippen LogP) is 2.97. The first-order valence-corrected chi connectivity index (χ1v) is 4.56. The summed E-state index contributed by atoms with van der Waals surface area (Å²) >= 11 is 0. The first-order chi connectivity index (χ1) is 6.24. The van der Waals surface area contributed by atoms with Crippen molar-refractivity contribution in [3.8, 4) is 0 Å². The van der Waals surface area contributed by atoms with Crippen LogP contribution < -0.4 is 0 Å². The average Bonchev–Trinajstić information content (AvgIpc) is 2.21. The molecule has 0 aliphatic heterocycles. The van der Waals surface area contributed by atoms with Crippen LogP contribution >= 0.6 is 0 Å². The van der Waals surface area contributed by atoms with Gasteiger partial charge in [0.1, 0.15) is 0 Å². The Hall–Kier alpha value is -1.31. The molecule has 0 bridgehead atoms. The average molecular weight is 180 g/mol. The van der Waals surface area contributed by atoms with E-state index in [1.54, 1.807) is 12.1 Å². The van der Waals surface area contributed by atoms with Crippen LogP contribution in [0, 0.1) is 0 Å². The van der Waals surface area contributed by atoms with E-state index in [1.807, 2.05) is 32.9 Å². The van der Waals surface area contributed by atoms with Crippen LogP contribution in [0.15, 0.2) is 24.3 Å². The molecule has 0 aromatic heterocycles. The normalized spacial score (nSPS) is 8.54. The molecule has 2 nitrogen and oxygen atoms in total. The van der Waals surface area contributed by atoms with E-state index in [2.05, 4.69) is 0 Å². The second-order valence-corrected chi connectivity index (χ2v) is 2.36. The van der Waals surface area contributed by atoms with Crippen LogP contribution in [-0.2, 0) is 6.42 Å². The summed E-state index contributed by atoms with van der Waals surface area (Å²) in [6, 6.07) is 6.93. The molecular formula is C11H16O2. The SMILES string of the molecule is CC.CCc1ccc(C(=O)O)cc1. The van der Waals surface area contributed by atoms with Crippen molar-refractivity contribution in [2.75, 3.05) is 0 Å². The fourth-order valence-corrected chi connectivity index (χ4v) is 0.883. The van der Waals surface area contributed by atoms with E-state index < -0.39 is 5.97 Å². The van der Waals surface area contributed by atoms with Gasteiger partial charge in [0.2, 0.25) is 0 Å². The fourth-order valence-electron chi connectivity index (χ4n) is 0.883. The molecule has 72 valence electrons. The summed E-state index contributed by atoms with van der Waals surface area (Å²) < 4.78 is 0. The molecule has 0 aliphatic carbocycles. The van der Waals surface area contributed by atoms with Crippen LogP contribution in [0.4, 0.5) is 0 Å². The Bertz CT molecular complexity index is 249. The van der Waals surface area contributed by atoms with Gasteiger partial charge in [0.05, 0.1) is 5.56 Å². The lowest BCUT2D eigenvalue weighted by Gasteiger charge is -1.96. The lowest BCUT2D eigenvalue weighted by molar-refractivity contribution is 0.0697. The zero-order valence-electron chi connectivity index (χ0n) is 8.37. The summed E-state index contributed by atoms with van der Waals surface area (Å²) in [5.74, 6) is -0.868. The van der Waals surface area contributed by atoms with E-state index in [-0.39, 0.29) is 0 Å². The second kappa shape index (κ2) is 6.23. The van der Waals surface area contributed by atoms with Crippen molar-refractivity contribution < 1.29 is 9.90 Å². The van der Waals surface area contributed by atoms with Gasteiger partial charge in [0, 0.05) is 0 Å². The van der Waals surface area contributed by atoms with E-state index in [0.29, 0.717) is 5.56 Å². The van der Waals surface area contributed by atoms with Crippen molar-refractivity contribution in [1.82, 2.24) is 0 Å². The lowest BCUT2D eigenvalue weighted by atomic mass is 10.1. The Balaban J connectivity index is 0.000000671. The number of aromatic carboxylic acids is 1. The summed E-state index contributed by atoms with van der Waals surface area (Å²) in [5.41, 5.74) is 1.51. The number of aryl methyl sites for hydroxylation is 1. The van der Waals surface area contributed by atoms with Crippen LogP contribution in [0.2, 0.25) is 0 Å². The van der Waals surface area contributed by atoms with E-state index in [4.69, 9.17) is 5.11 Å². The van der Waals surface area contributed by atoms with E-state index in [9.17, 15) is 4.79 Å². The predicted molar refractivity (Wildman–Crippen MR) is 54.1 cm³/mol. The number of carboxylic acid groups (broad SMARTS) is 1. The zero-order chi connectivity index (χ0) is 10.3. The molecule has 1 rings (SSSR count). The molecule has 13 heavy (non-hydrogen) atoms. The molecule has 2 heteroatoms. The third-order valence-electron chi connectivity index (χ3n) is 1.61. The summed E-state index contributed by atoms with van der Waals surface area (Å²) in [6.07, 6.45) is 0.944. The van der Waals surface area contributed by atoms with Crippen LogP contribution in [0.25, 0.3) is 0 Å². The molecule has 1 aromatic carbocycles. The Kier molecular flexibility index (Phi) is 5.60. The van der Waals surface area contributed by atoms with E-state index in [0.717, 1.165) is 12.0 Å². The van der Waals surface area contributed by atoms with Gasteiger partial charge < -0.3 is 5.11 Å². The van der Waals surface area contributed by atoms with E-state index >= 15 is 0 Å². The molecule has 0 aliphatic rings. The van der Waals surface area contributed by atoms with Gasteiger partial charge in [-0.3, -0.25) is 0 Å². The zero-order valence-corrected chi connectivity index (χ0v) is 8.37. The minimum Gasteiger partial charge on any atom is -0.478 e. The Morgan fingerprint density at radius 1 is 1.23 bits per heavy atom. The van der Waals surface area contributed by atoms with Gasteiger partial charge >= 0.3 is 5.97 Å². The van der Waals surface area contributed by atoms with Crippen molar-refractivity contribution >= 4 is 5.97 Å². The number of rotatable bonds is 2. The summed E-state index contributed by atoms with van der Waals surface area (Å²) in [6.45, 7) is 6.04. The molecule has 0 spiro atoms. The number of hydrogen-bond acceptors (Lipinski definition) is 1. The van der Waals surface area contributed by atoms with Gasteiger partial charge in [-0.2, -0.15) is 0 Å². The topological polar surface area (TPSA) is 37.3 Å². The highest BCUT2D eigenvalue weighted by molar-refractivity contribution is 5.87. The van der Waals surface area contributed by atoms with Gasteiger partial charge in [0.25, 0.3) is 0 Å². The number of benzene rings is 1. The summed E-state index contributed by atoms with van der Waals surface area (Å²) in [5, 5.41) is 8.55. The number of carboxylic acids is 1.